The van der Waals surface area contributed by atoms with Crippen molar-refractivity contribution in [1.82, 2.24) is 0 Å². The number of hydrogen-bond acceptors (Lipinski definition) is 5. The summed E-state index contributed by atoms with van der Waals surface area (Å²) in [4.78, 5) is 11.0. The summed E-state index contributed by atoms with van der Waals surface area (Å²) in [6, 6.07) is 20.6. The summed E-state index contributed by atoms with van der Waals surface area (Å²) < 4.78 is 35.6. The van der Waals surface area contributed by atoms with Gasteiger partial charge in [-0.1, -0.05) is 37.3 Å². The zero-order valence-electron chi connectivity index (χ0n) is 22.4. The number of aryl methyl sites for hydroxylation is 2. The van der Waals surface area contributed by atoms with E-state index in [9.17, 15) is 13.2 Å². The fourth-order valence-corrected chi connectivity index (χ4v) is 7.13. The van der Waals surface area contributed by atoms with Gasteiger partial charge in [-0.3, -0.25) is 4.79 Å². The molecule has 1 saturated heterocycles. The second-order valence-electron chi connectivity index (χ2n) is 10.9. The third kappa shape index (κ3) is 7.01. The number of benzene rings is 3. The molecule has 1 atom stereocenters. The lowest BCUT2D eigenvalue weighted by atomic mass is 9.95. The first kappa shape index (κ1) is 27.3. The number of ether oxygens (including phenoxy) is 2. The van der Waals surface area contributed by atoms with Crippen molar-refractivity contribution >= 4 is 15.8 Å². The molecule has 1 aliphatic carbocycles. The molecule has 0 radical (unpaired) electrons. The maximum absolute atomic E-state index is 11.7. The molecule has 39 heavy (non-hydrogen) atoms. The number of sulfone groups is 1. The van der Waals surface area contributed by atoms with Gasteiger partial charge in [0.1, 0.15) is 27.9 Å². The molecule has 0 bridgehead atoms. The third-order valence-electron chi connectivity index (χ3n) is 7.93. The molecule has 1 aliphatic heterocycles. The quantitative estimate of drug-likeness (QED) is 0.342. The summed E-state index contributed by atoms with van der Waals surface area (Å²) in [5.41, 5.74) is 7.18. The lowest BCUT2D eigenvalue weighted by Gasteiger charge is -2.22. The molecule has 1 N–H and O–H groups in total. The highest BCUT2D eigenvalue weighted by atomic mass is 32.2. The monoisotopic (exact) mass is 548 g/mol. The second-order valence-corrected chi connectivity index (χ2v) is 13.2. The SMILES string of the molecule is C[C@H](CC(=O)O)c1ccc(OCc2ccc3c(c2)-c2ccc(OCC4CCS(=O)(=O)CC4)cc2CCC3)cc1. The maximum Gasteiger partial charge on any atom is 0.303 e. The summed E-state index contributed by atoms with van der Waals surface area (Å²) >= 11 is 0. The van der Waals surface area contributed by atoms with Crippen molar-refractivity contribution < 1.29 is 27.8 Å². The van der Waals surface area contributed by atoms with E-state index in [1.165, 1.54) is 22.3 Å². The zero-order valence-corrected chi connectivity index (χ0v) is 23.2. The van der Waals surface area contributed by atoms with Gasteiger partial charge in [-0.15, -0.1) is 0 Å². The number of aliphatic carboxylic acids is 1. The van der Waals surface area contributed by atoms with Crippen LogP contribution in [0.2, 0.25) is 0 Å². The minimum absolute atomic E-state index is 0.0433. The summed E-state index contributed by atoms with van der Waals surface area (Å²) in [5, 5.41) is 9.03. The lowest BCUT2D eigenvalue weighted by molar-refractivity contribution is -0.137. The van der Waals surface area contributed by atoms with Gasteiger partial charge in [-0.2, -0.15) is 0 Å². The molecule has 2 aliphatic rings. The second kappa shape index (κ2) is 11.8. The van der Waals surface area contributed by atoms with Gasteiger partial charge < -0.3 is 14.6 Å². The van der Waals surface area contributed by atoms with Crippen LogP contribution in [0, 0.1) is 5.92 Å². The Kier molecular flexibility index (Phi) is 8.26. The molecule has 7 heteroatoms. The predicted molar refractivity (Wildman–Crippen MR) is 152 cm³/mol. The molecule has 5 rings (SSSR count). The highest BCUT2D eigenvalue weighted by molar-refractivity contribution is 7.91. The molecule has 3 aromatic carbocycles. The first-order chi connectivity index (χ1) is 18.8. The van der Waals surface area contributed by atoms with E-state index in [0.717, 1.165) is 41.9 Å². The number of rotatable bonds is 9. The Morgan fingerprint density at radius 1 is 0.897 bits per heavy atom. The van der Waals surface area contributed by atoms with E-state index in [1.807, 2.05) is 37.3 Å². The molecule has 0 amide bonds. The van der Waals surface area contributed by atoms with E-state index < -0.39 is 15.8 Å². The van der Waals surface area contributed by atoms with Crippen LogP contribution in [0.1, 0.15) is 60.8 Å². The van der Waals surface area contributed by atoms with Gasteiger partial charge in [0.15, 0.2) is 0 Å². The third-order valence-corrected chi connectivity index (χ3v) is 9.64. The van der Waals surface area contributed by atoms with Gasteiger partial charge in [0.05, 0.1) is 24.5 Å². The maximum atomic E-state index is 11.7. The van der Waals surface area contributed by atoms with E-state index in [4.69, 9.17) is 14.6 Å². The Labute approximate surface area is 230 Å². The van der Waals surface area contributed by atoms with E-state index in [0.29, 0.717) is 32.0 Å². The summed E-state index contributed by atoms with van der Waals surface area (Å²) in [5.74, 6) is 1.60. The van der Waals surface area contributed by atoms with Crippen molar-refractivity contribution in [3.05, 3.63) is 82.9 Å². The normalized spacial score (nSPS) is 17.4. The van der Waals surface area contributed by atoms with Crippen LogP contribution in [0.3, 0.4) is 0 Å². The van der Waals surface area contributed by atoms with Crippen LogP contribution in [-0.2, 0) is 34.1 Å². The van der Waals surface area contributed by atoms with Crippen LogP contribution in [-0.4, -0.2) is 37.6 Å². The Balaban J connectivity index is 1.24. The minimum atomic E-state index is -2.86. The fourth-order valence-electron chi connectivity index (χ4n) is 5.54. The molecule has 0 unspecified atom stereocenters. The average Bonchev–Trinajstić information content (AvgIpc) is 3.10. The number of carboxylic acids is 1. The Morgan fingerprint density at radius 3 is 2.36 bits per heavy atom. The molecule has 0 saturated carbocycles. The summed E-state index contributed by atoms with van der Waals surface area (Å²) in [6.45, 7) is 2.93. The smallest absolute Gasteiger partial charge is 0.303 e. The topological polar surface area (TPSA) is 89.9 Å². The van der Waals surface area contributed by atoms with E-state index in [-0.39, 0.29) is 23.8 Å². The lowest BCUT2D eigenvalue weighted by Crippen LogP contribution is -2.26. The van der Waals surface area contributed by atoms with Gasteiger partial charge in [0, 0.05) is 0 Å². The number of carbonyl (C=O) groups is 1. The standard InChI is InChI=1S/C32H36O6S/c1-22(17-32(33)34)25-7-9-28(10-8-25)37-21-24-5-6-26-3-2-4-27-19-29(11-12-30(27)31(26)18-24)38-20-23-13-15-39(35,36)16-14-23/h5-12,18-19,22-23H,2-4,13-17,20-21H2,1H3,(H,33,34)/t22-/m1/s1. The van der Waals surface area contributed by atoms with E-state index in [1.54, 1.807) is 0 Å². The van der Waals surface area contributed by atoms with Gasteiger partial charge in [-0.05, 0) is 108 Å². The molecule has 206 valence electrons. The van der Waals surface area contributed by atoms with Gasteiger partial charge in [0.25, 0.3) is 0 Å². The van der Waals surface area contributed by atoms with Crippen molar-refractivity contribution in [3.63, 3.8) is 0 Å². The first-order valence-corrected chi connectivity index (χ1v) is 15.6. The Hall–Kier alpha value is -3.32. The van der Waals surface area contributed by atoms with Gasteiger partial charge in [-0.25, -0.2) is 8.42 Å². The van der Waals surface area contributed by atoms with Crippen LogP contribution in [0.15, 0.2) is 60.7 Å². The summed E-state index contributed by atoms with van der Waals surface area (Å²) in [6.07, 6.45) is 4.55. The molecular formula is C32H36O6S. The van der Waals surface area contributed by atoms with Crippen molar-refractivity contribution in [2.45, 2.75) is 58.0 Å². The van der Waals surface area contributed by atoms with Crippen LogP contribution < -0.4 is 9.47 Å². The molecule has 1 fully saturated rings. The van der Waals surface area contributed by atoms with Gasteiger partial charge in [0.2, 0.25) is 0 Å². The molecule has 0 spiro atoms. The number of fused-ring (bicyclic) bond motifs is 3. The van der Waals surface area contributed by atoms with Crippen LogP contribution >= 0.6 is 0 Å². The fraction of sp³-hybridized carbons (Fsp3) is 0.406. The van der Waals surface area contributed by atoms with Crippen molar-refractivity contribution in [3.8, 4) is 22.6 Å². The molecule has 1 heterocycles. The zero-order chi connectivity index (χ0) is 27.4. The average molecular weight is 549 g/mol. The van der Waals surface area contributed by atoms with Crippen molar-refractivity contribution in [1.29, 1.82) is 0 Å². The first-order valence-electron chi connectivity index (χ1n) is 13.8. The van der Waals surface area contributed by atoms with Crippen LogP contribution in [0.25, 0.3) is 11.1 Å². The van der Waals surface area contributed by atoms with Crippen molar-refractivity contribution in [2.24, 2.45) is 5.92 Å². The highest BCUT2D eigenvalue weighted by Crippen LogP contribution is 2.36. The Bertz CT molecular complexity index is 1410. The van der Waals surface area contributed by atoms with Crippen LogP contribution in [0.5, 0.6) is 11.5 Å². The van der Waals surface area contributed by atoms with E-state index in [2.05, 4.69) is 30.3 Å². The van der Waals surface area contributed by atoms with Crippen LogP contribution in [0.4, 0.5) is 0 Å². The van der Waals surface area contributed by atoms with Crippen molar-refractivity contribution in [2.75, 3.05) is 18.1 Å². The largest absolute Gasteiger partial charge is 0.493 e. The number of hydrogen-bond donors (Lipinski definition) is 1. The molecule has 0 aromatic heterocycles. The minimum Gasteiger partial charge on any atom is -0.493 e. The number of carboxylic acid groups (broad SMARTS) is 1. The Morgan fingerprint density at radius 2 is 1.62 bits per heavy atom. The molecular weight excluding hydrogens is 512 g/mol. The molecule has 6 nitrogen and oxygen atoms in total. The summed E-state index contributed by atoms with van der Waals surface area (Å²) in [7, 11) is -2.86. The molecule has 3 aromatic rings. The highest BCUT2D eigenvalue weighted by Gasteiger charge is 2.24. The van der Waals surface area contributed by atoms with E-state index >= 15 is 0 Å². The van der Waals surface area contributed by atoms with Gasteiger partial charge >= 0.3 is 5.97 Å². The predicted octanol–water partition coefficient (Wildman–Crippen LogP) is 6.20.